The molecule has 2 N–H and O–H groups in total. The summed E-state index contributed by atoms with van der Waals surface area (Å²) in [7, 11) is 0. The van der Waals surface area contributed by atoms with Crippen molar-refractivity contribution in [2.24, 2.45) is 0 Å². The lowest BCUT2D eigenvalue weighted by Crippen LogP contribution is -2.14. The fourth-order valence-electron chi connectivity index (χ4n) is 1.56. The average Bonchev–Trinajstić information content (AvgIpc) is 2.78. The minimum absolute atomic E-state index is 0.0456. The Labute approximate surface area is 123 Å². The molecule has 2 rings (SSSR count). The molecule has 0 saturated heterocycles. The van der Waals surface area contributed by atoms with Gasteiger partial charge in [0.1, 0.15) is 17.3 Å². The number of anilines is 1. The lowest BCUT2D eigenvalue weighted by molar-refractivity contribution is 0.102. The molecule has 5 nitrogen and oxygen atoms in total. The van der Waals surface area contributed by atoms with E-state index >= 15 is 0 Å². The van der Waals surface area contributed by atoms with Crippen molar-refractivity contribution in [2.75, 3.05) is 5.32 Å². The number of nitrogens with zero attached hydrogens (tertiary/aromatic N) is 1. The van der Waals surface area contributed by atoms with Crippen molar-refractivity contribution >= 4 is 27.5 Å². The van der Waals surface area contributed by atoms with Crippen LogP contribution in [0.25, 0.3) is 0 Å². The molecule has 0 atom stereocenters. The van der Waals surface area contributed by atoms with Crippen molar-refractivity contribution in [1.29, 1.82) is 0 Å². The van der Waals surface area contributed by atoms with Crippen molar-refractivity contribution in [3.8, 4) is 5.75 Å². The normalized spacial score (nSPS) is 10.7. The molecule has 106 valence electrons. The number of H-pyrrole nitrogens is 1. The summed E-state index contributed by atoms with van der Waals surface area (Å²) in [6, 6.07) is 4.29. The molecule has 1 aromatic heterocycles. The minimum atomic E-state index is -0.563. The van der Waals surface area contributed by atoms with E-state index < -0.39 is 11.7 Å². The van der Waals surface area contributed by atoms with E-state index in [0.717, 1.165) is 0 Å². The molecule has 0 aliphatic heterocycles. The van der Waals surface area contributed by atoms with Crippen LogP contribution in [-0.4, -0.2) is 22.2 Å². The summed E-state index contributed by atoms with van der Waals surface area (Å²) in [6.45, 7) is 3.70. The highest BCUT2D eigenvalue weighted by Crippen LogP contribution is 2.22. The first-order valence-corrected chi connectivity index (χ1v) is 6.73. The summed E-state index contributed by atoms with van der Waals surface area (Å²) in [5, 5.41) is 8.70. The van der Waals surface area contributed by atoms with Gasteiger partial charge >= 0.3 is 0 Å². The fraction of sp³-hybridized carbons (Fsp3) is 0.231. The maximum atomic E-state index is 13.9. The van der Waals surface area contributed by atoms with Crippen LogP contribution in [0, 0.1) is 5.82 Å². The Hall–Kier alpha value is -1.89. The number of aromatic amines is 1. The van der Waals surface area contributed by atoms with Gasteiger partial charge in [-0.25, -0.2) is 4.39 Å². The number of rotatable bonds is 4. The van der Waals surface area contributed by atoms with Crippen LogP contribution in [0.2, 0.25) is 0 Å². The number of halogens is 2. The minimum Gasteiger partial charge on any atom is -0.491 e. The largest absolute Gasteiger partial charge is 0.491 e. The van der Waals surface area contributed by atoms with Crippen LogP contribution in [0.3, 0.4) is 0 Å². The zero-order chi connectivity index (χ0) is 14.7. The Morgan fingerprint density at radius 3 is 2.80 bits per heavy atom. The van der Waals surface area contributed by atoms with Gasteiger partial charge in [0.25, 0.3) is 5.91 Å². The highest BCUT2D eigenvalue weighted by molar-refractivity contribution is 9.10. The first-order chi connectivity index (χ1) is 9.47. The standard InChI is InChI=1S/C13H13BrFN3O2/c1-7(2)20-8-3-4-11(10(15)5-8)17-13(19)12-9(14)6-16-18-12/h3-7H,1-2H3,(H,16,18)(H,17,19). The molecule has 1 heterocycles. The number of benzene rings is 1. The average molecular weight is 342 g/mol. The van der Waals surface area contributed by atoms with E-state index in [-0.39, 0.29) is 17.5 Å². The number of amides is 1. The topological polar surface area (TPSA) is 67.0 Å². The van der Waals surface area contributed by atoms with Gasteiger partial charge in [0.2, 0.25) is 0 Å². The molecule has 1 amide bonds. The fourth-order valence-corrected chi connectivity index (χ4v) is 1.93. The maximum absolute atomic E-state index is 13.9. The van der Waals surface area contributed by atoms with Crippen molar-refractivity contribution in [3.05, 3.63) is 40.4 Å². The number of nitrogens with one attached hydrogen (secondary N) is 2. The Bertz CT molecular complexity index is 628. The van der Waals surface area contributed by atoms with Gasteiger partial charge in [0.15, 0.2) is 0 Å². The van der Waals surface area contributed by atoms with Crippen molar-refractivity contribution in [1.82, 2.24) is 10.2 Å². The Balaban J connectivity index is 2.14. The SMILES string of the molecule is CC(C)Oc1ccc(NC(=O)c2[nH]ncc2Br)c(F)c1. The van der Waals surface area contributed by atoms with E-state index in [0.29, 0.717) is 10.2 Å². The van der Waals surface area contributed by atoms with Crippen LogP contribution in [0.15, 0.2) is 28.9 Å². The first kappa shape index (κ1) is 14.5. The summed E-state index contributed by atoms with van der Waals surface area (Å²) in [6.07, 6.45) is 1.40. The molecule has 20 heavy (non-hydrogen) atoms. The van der Waals surface area contributed by atoms with Crippen LogP contribution in [0.4, 0.5) is 10.1 Å². The van der Waals surface area contributed by atoms with Gasteiger partial charge in [-0.2, -0.15) is 5.10 Å². The van der Waals surface area contributed by atoms with E-state index in [1.807, 2.05) is 13.8 Å². The van der Waals surface area contributed by atoms with Gasteiger partial charge in [0.05, 0.1) is 22.5 Å². The monoisotopic (exact) mass is 341 g/mol. The highest BCUT2D eigenvalue weighted by atomic mass is 79.9. The second kappa shape index (κ2) is 6.04. The quantitative estimate of drug-likeness (QED) is 0.895. The predicted octanol–water partition coefficient (Wildman–Crippen LogP) is 3.35. The summed E-state index contributed by atoms with van der Waals surface area (Å²) in [5.74, 6) is -0.629. The third-order valence-corrected chi connectivity index (χ3v) is 2.98. The molecule has 0 radical (unpaired) electrons. The molecule has 0 aliphatic carbocycles. The number of hydrogen-bond acceptors (Lipinski definition) is 3. The second-order valence-electron chi connectivity index (χ2n) is 4.36. The van der Waals surface area contributed by atoms with Gasteiger partial charge in [-0.1, -0.05) is 0 Å². The van der Waals surface area contributed by atoms with Gasteiger partial charge in [-0.15, -0.1) is 0 Å². The molecule has 0 spiro atoms. The molecule has 0 fully saturated rings. The molecule has 0 aliphatic rings. The third kappa shape index (κ3) is 3.36. The van der Waals surface area contributed by atoms with Gasteiger partial charge < -0.3 is 10.1 Å². The Kier molecular flexibility index (Phi) is 4.39. The van der Waals surface area contributed by atoms with Crippen molar-refractivity contribution in [2.45, 2.75) is 20.0 Å². The number of hydrogen-bond donors (Lipinski definition) is 2. The molecule has 7 heteroatoms. The summed E-state index contributed by atoms with van der Waals surface area (Å²) >= 11 is 3.17. The van der Waals surface area contributed by atoms with E-state index in [1.54, 1.807) is 6.07 Å². The number of ether oxygens (including phenoxy) is 1. The van der Waals surface area contributed by atoms with Crippen LogP contribution < -0.4 is 10.1 Å². The number of aromatic nitrogens is 2. The van der Waals surface area contributed by atoms with E-state index in [2.05, 4.69) is 31.4 Å². The van der Waals surface area contributed by atoms with E-state index in [1.165, 1.54) is 18.3 Å². The van der Waals surface area contributed by atoms with Crippen LogP contribution >= 0.6 is 15.9 Å². The zero-order valence-electron chi connectivity index (χ0n) is 10.9. The lowest BCUT2D eigenvalue weighted by atomic mass is 10.2. The lowest BCUT2D eigenvalue weighted by Gasteiger charge is -2.11. The zero-order valence-corrected chi connectivity index (χ0v) is 12.5. The van der Waals surface area contributed by atoms with E-state index in [4.69, 9.17) is 4.74 Å². The van der Waals surface area contributed by atoms with Gasteiger partial charge in [-0.3, -0.25) is 9.89 Å². The third-order valence-electron chi connectivity index (χ3n) is 2.38. The van der Waals surface area contributed by atoms with E-state index in [9.17, 15) is 9.18 Å². The Morgan fingerprint density at radius 2 is 2.25 bits per heavy atom. The molecular formula is C13H13BrFN3O2. The summed E-state index contributed by atoms with van der Waals surface area (Å²) in [5.41, 5.74) is 0.305. The summed E-state index contributed by atoms with van der Waals surface area (Å²) in [4.78, 5) is 11.9. The smallest absolute Gasteiger partial charge is 0.274 e. The molecule has 0 saturated carbocycles. The molecule has 0 bridgehead atoms. The molecule has 1 aromatic carbocycles. The second-order valence-corrected chi connectivity index (χ2v) is 5.21. The van der Waals surface area contributed by atoms with Crippen LogP contribution in [-0.2, 0) is 0 Å². The molecule has 0 unspecified atom stereocenters. The van der Waals surface area contributed by atoms with Crippen molar-refractivity contribution < 1.29 is 13.9 Å². The number of carbonyl (C=O) groups is 1. The highest BCUT2D eigenvalue weighted by Gasteiger charge is 2.14. The van der Waals surface area contributed by atoms with Crippen molar-refractivity contribution in [3.63, 3.8) is 0 Å². The molecule has 2 aromatic rings. The maximum Gasteiger partial charge on any atom is 0.274 e. The van der Waals surface area contributed by atoms with Gasteiger partial charge in [0, 0.05) is 6.07 Å². The summed E-state index contributed by atoms with van der Waals surface area (Å²) < 4.78 is 19.8. The Morgan fingerprint density at radius 1 is 1.50 bits per heavy atom. The van der Waals surface area contributed by atoms with Crippen LogP contribution in [0.5, 0.6) is 5.75 Å². The van der Waals surface area contributed by atoms with Crippen LogP contribution in [0.1, 0.15) is 24.3 Å². The first-order valence-electron chi connectivity index (χ1n) is 5.94. The predicted molar refractivity (Wildman–Crippen MR) is 76.4 cm³/mol. The number of carbonyl (C=O) groups excluding carboxylic acids is 1. The van der Waals surface area contributed by atoms with Gasteiger partial charge in [-0.05, 0) is 41.9 Å². The molecular weight excluding hydrogens is 329 g/mol.